The lowest BCUT2D eigenvalue weighted by Crippen LogP contribution is -2.24. The van der Waals surface area contributed by atoms with Crippen LogP contribution in [0.15, 0.2) is 48.5 Å². The number of benzene rings is 2. The summed E-state index contributed by atoms with van der Waals surface area (Å²) in [6.07, 6.45) is 0. The summed E-state index contributed by atoms with van der Waals surface area (Å²) in [6, 6.07) is 13.7. The minimum absolute atomic E-state index is 0.0984. The number of aromatic hydroxyl groups is 1. The van der Waals surface area contributed by atoms with Gasteiger partial charge in [-0.25, -0.2) is 9.67 Å². The summed E-state index contributed by atoms with van der Waals surface area (Å²) in [7, 11) is 0. The summed E-state index contributed by atoms with van der Waals surface area (Å²) < 4.78 is 1.59. The Morgan fingerprint density at radius 1 is 1.17 bits per heavy atom. The topological polar surface area (TPSA) is 80.0 Å². The Morgan fingerprint density at radius 3 is 2.50 bits per heavy atom. The number of carbonyl (C=O) groups is 1. The molecule has 0 radical (unpaired) electrons. The van der Waals surface area contributed by atoms with Crippen molar-refractivity contribution in [2.24, 2.45) is 0 Å². The van der Waals surface area contributed by atoms with Gasteiger partial charge in [-0.2, -0.15) is 0 Å². The molecule has 1 aromatic heterocycles. The van der Waals surface area contributed by atoms with Crippen LogP contribution in [-0.2, 0) is 6.54 Å². The SMILES string of the molecule is Cc1nc(C(=O)NCc2ccc(O)cc2)nn1-c1ccc(Cl)cc1. The highest BCUT2D eigenvalue weighted by molar-refractivity contribution is 6.30. The molecule has 0 fully saturated rings. The van der Waals surface area contributed by atoms with Crippen LogP contribution < -0.4 is 5.32 Å². The molecule has 0 aliphatic rings. The molecule has 1 heterocycles. The van der Waals surface area contributed by atoms with E-state index >= 15 is 0 Å². The third kappa shape index (κ3) is 3.55. The van der Waals surface area contributed by atoms with E-state index in [9.17, 15) is 9.90 Å². The first-order valence-electron chi connectivity index (χ1n) is 7.28. The zero-order chi connectivity index (χ0) is 17.1. The first-order valence-corrected chi connectivity index (χ1v) is 7.66. The van der Waals surface area contributed by atoms with Crippen LogP contribution in [0.5, 0.6) is 5.75 Å². The molecule has 24 heavy (non-hydrogen) atoms. The highest BCUT2D eigenvalue weighted by Crippen LogP contribution is 2.14. The summed E-state index contributed by atoms with van der Waals surface area (Å²) >= 11 is 5.88. The molecule has 2 N–H and O–H groups in total. The zero-order valence-electron chi connectivity index (χ0n) is 12.9. The molecule has 0 saturated heterocycles. The predicted molar refractivity (Wildman–Crippen MR) is 90.4 cm³/mol. The smallest absolute Gasteiger partial charge is 0.291 e. The summed E-state index contributed by atoms with van der Waals surface area (Å²) in [4.78, 5) is 16.4. The Balaban J connectivity index is 1.72. The van der Waals surface area contributed by atoms with E-state index in [1.165, 1.54) is 0 Å². The number of phenolic OH excluding ortho intramolecular Hbond substituents is 1. The Morgan fingerprint density at radius 2 is 1.83 bits per heavy atom. The van der Waals surface area contributed by atoms with Gasteiger partial charge < -0.3 is 10.4 Å². The second-order valence-corrected chi connectivity index (χ2v) is 5.66. The van der Waals surface area contributed by atoms with Crippen molar-refractivity contribution in [1.29, 1.82) is 0 Å². The quantitative estimate of drug-likeness (QED) is 0.764. The van der Waals surface area contributed by atoms with Gasteiger partial charge in [0.2, 0.25) is 5.82 Å². The van der Waals surface area contributed by atoms with E-state index in [0.717, 1.165) is 11.3 Å². The summed E-state index contributed by atoms with van der Waals surface area (Å²) in [5, 5.41) is 16.9. The van der Waals surface area contributed by atoms with Crippen LogP contribution in [0.3, 0.4) is 0 Å². The van der Waals surface area contributed by atoms with E-state index in [0.29, 0.717) is 17.4 Å². The van der Waals surface area contributed by atoms with Gasteiger partial charge in [0.1, 0.15) is 11.6 Å². The zero-order valence-corrected chi connectivity index (χ0v) is 13.7. The highest BCUT2D eigenvalue weighted by atomic mass is 35.5. The van der Waals surface area contributed by atoms with Gasteiger partial charge in [-0.1, -0.05) is 23.7 Å². The number of hydrogen-bond acceptors (Lipinski definition) is 4. The summed E-state index contributed by atoms with van der Waals surface area (Å²) in [6.45, 7) is 2.10. The van der Waals surface area contributed by atoms with Crippen LogP contribution in [0, 0.1) is 6.92 Å². The van der Waals surface area contributed by atoms with Crippen LogP contribution >= 0.6 is 11.6 Å². The van der Waals surface area contributed by atoms with Crippen molar-refractivity contribution in [3.05, 3.63) is 70.8 Å². The number of phenols is 1. The maximum absolute atomic E-state index is 12.2. The van der Waals surface area contributed by atoms with Crippen molar-refractivity contribution in [2.75, 3.05) is 0 Å². The molecule has 3 rings (SSSR count). The fraction of sp³-hybridized carbons (Fsp3) is 0.118. The molecule has 0 aliphatic carbocycles. The van der Waals surface area contributed by atoms with Crippen LogP contribution in [0.1, 0.15) is 22.0 Å². The lowest BCUT2D eigenvalue weighted by Gasteiger charge is -2.03. The number of carbonyl (C=O) groups excluding carboxylic acids is 1. The van der Waals surface area contributed by atoms with Gasteiger partial charge in [0, 0.05) is 11.6 Å². The highest BCUT2D eigenvalue weighted by Gasteiger charge is 2.15. The standard InChI is InChI=1S/C17H15ClN4O2/c1-11-20-16(21-22(11)14-6-4-13(18)5-7-14)17(24)19-10-12-2-8-15(23)9-3-12/h2-9,23H,10H2,1H3,(H,19,24). The van der Waals surface area contributed by atoms with Crippen LogP contribution in [0.4, 0.5) is 0 Å². The van der Waals surface area contributed by atoms with Crippen molar-refractivity contribution in [3.63, 3.8) is 0 Å². The Bertz CT molecular complexity index is 857. The van der Waals surface area contributed by atoms with E-state index in [1.54, 1.807) is 48.0 Å². The minimum Gasteiger partial charge on any atom is -0.508 e. The van der Waals surface area contributed by atoms with E-state index in [1.807, 2.05) is 12.1 Å². The molecule has 6 nitrogen and oxygen atoms in total. The number of amides is 1. The summed E-state index contributed by atoms with van der Waals surface area (Å²) in [5.74, 6) is 0.524. The Labute approximate surface area is 143 Å². The van der Waals surface area contributed by atoms with Crippen molar-refractivity contribution >= 4 is 17.5 Å². The average molecular weight is 343 g/mol. The molecule has 0 spiro atoms. The van der Waals surface area contributed by atoms with E-state index in [-0.39, 0.29) is 17.5 Å². The first-order chi connectivity index (χ1) is 11.5. The number of hydrogen-bond donors (Lipinski definition) is 2. The van der Waals surface area contributed by atoms with E-state index in [2.05, 4.69) is 15.4 Å². The van der Waals surface area contributed by atoms with Gasteiger partial charge in [-0.05, 0) is 48.9 Å². The monoisotopic (exact) mass is 342 g/mol. The molecule has 2 aromatic carbocycles. The van der Waals surface area contributed by atoms with Gasteiger partial charge in [-0.15, -0.1) is 5.10 Å². The maximum atomic E-state index is 12.2. The number of aryl methyl sites for hydroxylation is 1. The number of nitrogens with zero attached hydrogens (tertiary/aromatic N) is 3. The minimum atomic E-state index is -0.362. The largest absolute Gasteiger partial charge is 0.508 e. The summed E-state index contributed by atoms with van der Waals surface area (Å²) in [5.41, 5.74) is 1.65. The van der Waals surface area contributed by atoms with Crippen molar-refractivity contribution in [3.8, 4) is 11.4 Å². The number of aromatic nitrogens is 3. The second-order valence-electron chi connectivity index (χ2n) is 5.22. The van der Waals surface area contributed by atoms with Gasteiger partial charge in [-0.3, -0.25) is 4.79 Å². The molecule has 3 aromatic rings. The Hall–Kier alpha value is -2.86. The lowest BCUT2D eigenvalue weighted by molar-refractivity contribution is 0.0940. The second kappa shape index (κ2) is 6.72. The molecule has 0 bridgehead atoms. The van der Waals surface area contributed by atoms with Crippen LogP contribution in [-0.4, -0.2) is 25.8 Å². The van der Waals surface area contributed by atoms with Gasteiger partial charge in [0.15, 0.2) is 0 Å². The van der Waals surface area contributed by atoms with Crippen molar-refractivity contribution < 1.29 is 9.90 Å². The van der Waals surface area contributed by atoms with E-state index in [4.69, 9.17) is 11.6 Å². The lowest BCUT2D eigenvalue weighted by atomic mass is 10.2. The first kappa shape index (κ1) is 16.0. The average Bonchev–Trinajstić information content (AvgIpc) is 2.97. The van der Waals surface area contributed by atoms with Gasteiger partial charge in [0.25, 0.3) is 5.91 Å². The molecule has 0 saturated carbocycles. The fourth-order valence-electron chi connectivity index (χ4n) is 2.19. The van der Waals surface area contributed by atoms with Crippen LogP contribution in [0.2, 0.25) is 5.02 Å². The molecule has 0 aliphatic heterocycles. The number of rotatable bonds is 4. The number of halogens is 1. The third-order valence-corrected chi connectivity index (χ3v) is 3.68. The molecule has 122 valence electrons. The van der Waals surface area contributed by atoms with E-state index < -0.39 is 0 Å². The normalized spacial score (nSPS) is 10.6. The molecule has 7 heteroatoms. The molecule has 1 amide bonds. The van der Waals surface area contributed by atoms with Crippen LogP contribution in [0.25, 0.3) is 5.69 Å². The van der Waals surface area contributed by atoms with Gasteiger partial charge in [0.05, 0.1) is 5.69 Å². The molecular weight excluding hydrogens is 328 g/mol. The predicted octanol–water partition coefficient (Wildman–Crippen LogP) is 2.86. The molecule has 0 unspecified atom stereocenters. The fourth-order valence-corrected chi connectivity index (χ4v) is 2.31. The Kier molecular flexibility index (Phi) is 4.48. The number of nitrogens with one attached hydrogen (secondary N) is 1. The van der Waals surface area contributed by atoms with Crippen molar-refractivity contribution in [2.45, 2.75) is 13.5 Å². The molecule has 0 atom stereocenters. The maximum Gasteiger partial charge on any atom is 0.291 e. The van der Waals surface area contributed by atoms with Gasteiger partial charge >= 0.3 is 0 Å². The van der Waals surface area contributed by atoms with Crippen molar-refractivity contribution in [1.82, 2.24) is 20.1 Å². The molecular formula is C17H15ClN4O2. The third-order valence-electron chi connectivity index (χ3n) is 3.43.